The first kappa shape index (κ1) is 16.4. The number of rotatable bonds is 2. The number of hydrogen-bond acceptors (Lipinski definition) is 4. The monoisotopic (exact) mass is 336 g/mol. The third-order valence-electron chi connectivity index (χ3n) is 4.05. The summed E-state index contributed by atoms with van der Waals surface area (Å²) in [6.07, 6.45) is 1.39. The maximum absolute atomic E-state index is 12.7. The normalized spacial score (nSPS) is 16.3. The number of imide groups is 2. The second-order valence-corrected chi connectivity index (χ2v) is 5.82. The molecule has 0 bridgehead atoms. The zero-order valence-corrected chi connectivity index (χ0v) is 13.7. The summed E-state index contributed by atoms with van der Waals surface area (Å²) < 4.78 is 0. The number of hydrogen-bond donors (Lipinski definition) is 2. The number of barbiturate groups is 1. The van der Waals surface area contributed by atoms with Crippen molar-refractivity contribution in [3.63, 3.8) is 0 Å². The highest BCUT2D eigenvalue weighted by atomic mass is 16.3. The predicted octanol–water partition coefficient (Wildman–Crippen LogP) is 2.68. The summed E-state index contributed by atoms with van der Waals surface area (Å²) in [6, 6.07) is 10.5. The van der Waals surface area contributed by atoms with Crippen molar-refractivity contribution in [2.75, 3.05) is 4.90 Å². The van der Waals surface area contributed by atoms with E-state index in [4.69, 9.17) is 0 Å². The number of amides is 4. The zero-order chi connectivity index (χ0) is 18.1. The van der Waals surface area contributed by atoms with Gasteiger partial charge in [0.1, 0.15) is 11.3 Å². The molecule has 0 radical (unpaired) electrons. The van der Waals surface area contributed by atoms with E-state index in [1.165, 1.54) is 18.2 Å². The molecule has 3 rings (SSSR count). The Hall–Kier alpha value is -3.41. The quantitative estimate of drug-likeness (QED) is 0.652. The summed E-state index contributed by atoms with van der Waals surface area (Å²) in [5.74, 6) is -1.36. The molecular weight excluding hydrogens is 320 g/mol. The molecule has 0 spiro atoms. The average molecular weight is 336 g/mol. The van der Waals surface area contributed by atoms with Gasteiger partial charge in [0.25, 0.3) is 11.8 Å². The predicted molar refractivity (Wildman–Crippen MR) is 93.0 cm³/mol. The van der Waals surface area contributed by atoms with Crippen LogP contribution in [0.5, 0.6) is 5.75 Å². The number of anilines is 1. The third kappa shape index (κ3) is 3.14. The number of aryl methyl sites for hydroxylation is 2. The Morgan fingerprint density at radius 1 is 0.960 bits per heavy atom. The molecule has 0 saturated carbocycles. The molecule has 6 nitrogen and oxygen atoms in total. The Kier molecular flexibility index (Phi) is 4.10. The van der Waals surface area contributed by atoms with Gasteiger partial charge in [-0.1, -0.05) is 18.2 Å². The standard InChI is InChI=1S/C19H16N2O4/c1-11-3-6-14(9-12(11)2)21-18(24)16(17(23)20-19(21)25)10-13-4-7-15(22)8-5-13/h3-10,22H,1-2H3,(H,20,23,25)/b16-10+. The van der Waals surface area contributed by atoms with Gasteiger partial charge in [0.05, 0.1) is 5.69 Å². The van der Waals surface area contributed by atoms with E-state index in [-0.39, 0.29) is 11.3 Å². The number of carbonyl (C=O) groups is 3. The first-order valence-electron chi connectivity index (χ1n) is 7.64. The molecule has 1 fully saturated rings. The topological polar surface area (TPSA) is 86.7 Å². The first-order valence-corrected chi connectivity index (χ1v) is 7.64. The van der Waals surface area contributed by atoms with Crippen LogP contribution in [0.3, 0.4) is 0 Å². The van der Waals surface area contributed by atoms with Crippen LogP contribution in [0.1, 0.15) is 16.7 Å². The van der Waals surface area contributed by atoms with Gasteiger partial charge in [-0.15, -0.1) is 0 Å². The van der Waals surface area contributed by atoms with E-state index in [2.05, 4.69) is 5.32 Å². The highest BCUT2D eigenvalue weighted by Gasteiger charge is 2.36. The number of urea groups is 1. The number of benzene rings is 2. The maximum Gasteiger partial charge on any atom is 0.335 e. The lowest BCUT2D eigenvalue weighted by molar-refractivity contribution is -0.122. The number of nitrogens with one attached hydrogen (secondary N) is 1. The van der Waals surface area contributed by atoms with Gasteiger partial charge in [-0.2, -0.15) is 0 Å². The van der Waals surface area contributed by atoms with Crippen molar-refractivity contribution < 1.29 is 19.5 Å². The van der Waals surface area contributed by atoms with E-state index >= 15 is 0 Å². The molecule has 1 aliphatic heterocycles. The molecule has 2 N–H and O–H groups in total. The van der Waals surface area contributed by atoms with Crippen LogP contribution in [-0.4, -0.2) is 23.0 Å². The minimum Gasteiger partial charge on any atom is -0.508 e. The van der Waals surface area contributed by atoms with Crippen LogP contribution in [0, 0.1) is 13.8 Å². The van der Waals surface area contributed by atoms with E-state index < -0.39 is 17.8 Å². The maximum atomic E-state index is 12.7. The van der Waals surface area contributed by atoms with Crippen molar-refractivity contribution in [3.8, 4) is 5.75 Å². The Morgan fingerprint density at radius 3 is 2.28 bits per heavy atom. The minimum absolute atomic E-state index is 0.0773. The van der Waals surface area contributed by atoms with Crippen molar-refractivity contribution >= 4 is 29.6 Å². The van der Waals surface area contributed by atoms with Crippen LogP contribution in [0.2, 0.25) is 0 Å². The summed E-state index contributed by atoms with van der Waals surface area (Å²) in [6.45, 7) is 3.81. The Labute approximate surface area is 144 Å². The molecule has 6 heteroatoms. The largest absolute Gasteiger partial charge is 0.508 e. The number of nitrogens with zero attached hydrogens (tertiary/aromatic N) is 1. The highest BCUT2D eigenvalue weighted by molar-refractivity contribution is 6.39. The molecule has 4 amide bonds. The van der Waals surface area contributed by atoms with Gasteiger partial charge < -0.3 is 5.11 Å². The SMILES string of the molecule is Cc1ccc(N2C(=O)NC(=O)/C(=C\c3ccc(O)cc3)C2=O)cc1C. The number of aromatic hydroxyl groups is 1. The molecule has 1 heterocycles. The van der Waals surface area contributed by atoms with Gasteiger partial charge in [-0.3, -0.25) is 14.9 Å². The van der Waals surface area contributed by atoms with Crippen LogP contribution in [0.4, 0.5) is 10.5 Å². The fraction of sp³-hybridized carbons (Fsp3) is 0.105. The van der Waals surface area contributed by atoms with Gasteiger partial charge in [0, 0.05) is 0 Å². The fourth-order valence-electron chi connectivity index (χ4n) is 2.49. The molecule has 2 aromatic rings. The van der Waals surface area contributed by atoms with E-state index in [9.17, 15) is 19.5 Å². The summed E-state index contributed by atoms with van der Waals surface area (Å²) >= 11 is 0. The number of carbonyl (C=O) groups excluding carboxylic acids is 3. The van der Waals surface area contributed by atoms with E-state index in [1.54, 1.807) is 24.3 Å². The van der Waals surface area contributed by atoms with Crippen molar-refractivity contribution in [3.05, 3.63) is 64.7 Å². The lowest BCUT2D eigenvalue weighted by Crippen LogP contribution is -2.54. The Balaban J connectivity index is 2.02. The highest BCUT2D eigenvalue weighted by Crippen LogP contribution is 2.24. The van der Waals surface area contributed by atoms with Crippen LogP contribution in [0.25, 0.3) is 6.08 Å². The van der Waals surface area contributed by atoms with Gasteiger partial charge in [0.15, 0.2) is 0 Å². The van der Waals surface area contributed by atoms with E-state index in [0.717, 1.165) is 16.0 Å². The number of phenols is 1. The molecule has 1 aliphatic rings. The van der Waals surface area contributed by atoms with Crippen LogP contribution in [-0.2, 0) is 9.59 Å². The zero-order valence-electron chi connectivity index (χ0n) is 13.7. The van der Waals surface area contributed by atoms with Crippen molar-refractivity contribution in [1.29, 1.82) is 0 Å². The van der Waals surface area contributed by atoms with E-state index in [1.807, 2.05) is 19.9 Å². The molecule has 0 aromatic heterocycles. The lowest BCUT2D eigenvalue weighted by atomic mass is 10.1. The van der Waals surface area contributed by atoms with E-state index in [0.29, 0.717) is 11.3 Å². The number of phenolic OH excluding ortho intramolecular Hbond substituents is 1. The smallest absolute Gasteiger partial charge is 0.335 e. The molecular formula is C19H16N2O4. The van der Waals surface area contributed by atoms with Crippen LogP contribution >= 0.6 is 0 Å². The summed E-state index contributed by atoms with van der Waals surface area (Å²) in [4.78, 5) is 37.9. The van der Waals surface area contributed by atoms with Crippen molar-refractivity contribution in [2.24, 2.45) is 0 Å². The second kappa shape index (κ2) is 6.24. The molecule has 0 atom stereocenters. The Bertz CT molecular complexity index is 914. The van der Waals surface area contributed by atoms with Gasteiger partial charge in [-0.25, -0.2) is 9.69 Å². The van der Waals surface area contributed by atoms with Crippen molar-refractivity contribution in [2.45, 2.75) is 13.8 Å². The first-order chi connectivity index (χ1) is 11.9. The molecule has 126 valence electrons. The fourth-order valence-corrected chi connectivity index (χ4v) is 2.49. The molecule has 2 aromatic carbocycles. The summed E-state index contributed by atoms with van der Waals surface area (Å²) in [5.41, 5.74) is 2.77. The summed E-state index contributed by atoms with van der Waals surface area (Å²) in [5, 5.41) is 11.5. The van der Waals surface area contributed by atoms with Gasteiger partial charge >= 0.3 is 6.03 Å². The van der Waals surface area contributed by atoms with Crippen molar-refractivity contribution in [1.82, 2.24) is 5.32 Å². The van der Waals surface area contributed by atoms with Gasteiger partial charge in [-0.05, 0) is 60.9 Å². The second-order valence-electron chi connectivity index (χ2n) is 5.82. The Morgan fingerprint density at radius 2 is 1.64 bits per heavy atom. The minimum atomic E-state index is -0.777. The lowest BCUT2D eigenvalue weighted by Gasteiger charge is -2.26. The van der Waals surface area contributed by atoms with Crippen LogP contribution in [0.15, 0.2) is 48.0 Å². The third-order valence-corrected chi connectivity index (χ3v) is 4.05. The van der Waals surface area contributed by atoms with Crippen LogP contribution < -0.4 is 10.2 Å². The molecule has 1 saturated heterocycles. The average Bonchev–Trinajstić information content (AvgIpc) is 2.56. The summed E-state index contributed by atoms with van der Waals surface area (Å²) in [7, 11) is 0. The molecule has 0 aliphatic carbocycles. The molecule has 0 unspecified atom stereocenters. The van der Waals surface area contributed by atoms with Gasteiger partial charge in [0.2, 0.25) is 0 Å². The molecule has 25 heavy (non-hydrogen) atoms.